The molecule has 94 valence electrons. The van der Waals surface area contributed by atoms with Gasteiger partial charge in [0, 0.05) is 12.6 Å². The first-order valence-corrected chi connectivity index (χ1v) is 5.84. The molecule has 0 atom stereocenters. The third kappa shape index (κ3) is 3.40. The van der Waals surface area contributed by atoms with E-state index in [1.54, 1.807) is 13.8 Å². The van der Waals surface area contributed by atoms with Crippen molar-refractivity contribution in [2.75, 3.05) is 0 Å². The van der Waals surface area contributed by atoms with Crippen molar-refractivity contribution in [3.63, 3.8) is 0 Å². The van der Waals surface area contributed by atoms with Crippen LogP contribution in [0.3, 0.4) is 0 Å². The van der Waals surface area contributed by atoms with E-state index in [0.29, 0.717) is 11.8 Å². The van der Waals surface area contributed by atoms with Gasteiger partial charge < -0.3 is 10.1 Å². The lowest BCUT2D eigenvalue weighted by Gasteiger charge is -2.13. The first-order chi connectivity index (χ1) is 8.06. The first-order valence-electron chi connectivity index (χ1n) is 5.84. The summed E-state index contributed by atoms with van der Waals surface area (Å²) in [6.45, 7) is 1.63. The molecule has 1 saturated carbocycles. The molecule has 0 spiro atoms. The largest absolute Gasteiger partial charge is 0.434 e. The Balaban J connectivity index is 2.09. The number of alkyl halides is 2. The molecule has 2 rings (SSSR count). The lowest BCUT2D eigenvalue weighted by molar-refractivity contribution is -0.0507. The highest BCUT2D eigenvalue weighted by Crippen LogP contribution is 2.27. The predicted octanol–water partition coefficient (Wildman–Crippen LogP) is 3.16. The SMILES string of the molecule is Cc1cc(CNC2CC2)cc(C)c1OC(F)F. The molecule has 17 heavy (non-hydrogen) atoms. The average Bonchev–Trinajstić information content (AvgIpc) is 3.04. The molecule has 2 nitrogen and oxygen atoms in total. The minimum Gasteiger partial charge on any atom is -0.434 e. The van der Waals surface area contributed by atoms with Crippen molar-refractivity contribution in [3.05, 3.63) is 28.8 Å². The van der Waals surface area contributed by atoms with Gasteiger partial charge in [0.05, 0.1) is 0 Å². The number of rotatable bonds is 5. The fourth-order valence-electron chi connectivity index (χ4n) is 1.97. The third-order valence-corrected chi connectivity index (χ3v) is 2.90. The van der Waals surface area contributed by atoms with Gasteiger partial charge in [-0.05, 0) is 43.4 Å². The molecule has 1 N–H and O–H groups in total. The highest BCUT2D eigenvalue weighted by atomic mass is 19.3. The van der Waals surface area contributed by atoms with Crippen LogP contribution in [0.4, 0.5) is 8.78 Å². The second-order valence-electron chi connectivity index (χ2n) is 4.59. The zero-order valence-electron chi connectivity index (χ0n) is 10.1. The van der Waals surface area contributed by atoms with Crippen LogP contribution in [0, 0.1) is 13.8 Å². The van der Waals surface area contributed by atoms with Gasteiger partial charge in [-0.25, -0.2) is 0 Å². The summed E-state index contributed by atoms with van der Waals surface area (Å²) in [5.41, 5.74) is 2.64. The Morgan fingerprint density at radius 3 is 2.35 bits per heavy atom. The molecule has 1 aliphatic rings. The van der Waals surface area contributed by atoms with E-state index < -0.39 is 6.61 Å². The number of hydrogen-bond donors (Lipinski definition) is 1. The molecular weight excluding hydrogens is 224 g/mol. The van der Waals surface area contributed by atoms with Crippen molar-refractivity contribution in [3.8, 4) is 5.75 Å². The minimum atomic E-state index is -2.76. The van der Waals surface area contributed by atoms with E-state index >= 15 is 0 Å². The highest BCUT2D eigenvalue weighted by Gasteiger charge is 2.20. The molecule has 1 aromatic rings. The summed E-state index contributed by atoms with van der Waals surface area (Å²) in [6.07, 6.45) is 2.48. The van der Waals surface area contributed by atoms with Crippen molar-refractivity contribution in [2.45, 2.75) is 45.9 Å². The molecule has 1 fully saturated rings. The Morgan fingerprint density at radius 2 is 1.88 bits per heavy atom. The topological polar surface area (TPSA) is 21.3 Å². The van der Waals surface area contributed by atoms with Crippen LogP contribution in [0.15, 0.2) is 12.1 Å². The monoisotopic (exact) mass is 241 g/mol. The molecule has 0 heterocycles. The highest BCUT2D eigenvalue weighted by molar-refractivity contribution is 5.43. The van der Waals surface area contributed by atoms with E-state index in [0.717, 1.165) is 23.2 Å². The Hall–Kier alpha value is -1.16. The first kappa shape index (κ1) is 12.3. The van der Waals surface area contributed by atoms with Gasteiger partial charge in [-0.3, -0.25) is 0 Å². The van der Waals surface area contributed by atoms with Crippen LogP contribution >= 0.6 is 0 Å². The van der Waals surface area contributed by atoms with E-state index in [4.69, 9.17) is 0 Å². The zero-order chi connectivity index (χ0) is 12.4. The van der Waals surface area contributed by atoms with E-state index in [9.17, 15) is 8.78 Å². The van der Waals surface area contributed by atoms with Crippen molar-refractivity contribution >= 4 is 0 Å². The Labute approximate surface area is 100.0 Å². The van der Waals surface area contributed by atoms with Gasteiger partial charge in [0.25, 0.3) is 0 Å². The van der Waals surface area contributed by atoms with E-state index in [-0.39, 0.29) is 0 Å². The number of nitrogens with one attached hydrogen (secondary N) is 1. The summed E-state index contributed by atoms with van der Waals surface area (Å²) in [4.78, 5) is 0. The molecule has 0 aliphatic heterocycles. The van der Waals surface area contributed by atoms with Crippen molar-refractivity contribution in [2.24, 2.45) is 0 Å². The number of aryl methyl sites for hydroxylation is 2. The van der Waals surface area contributed by atoms with Crippen molar-refractivity contribution < 1.29 is 13.5 Å². The normalized spacial score (nSPS) is 15.4. The second-order valence-corrected chi connectivity index (χ2v) is 4.59. The van der Waals surface area contributed by atoms with Gasteiger partial charge in [0.2, 0.25) is 0 Å². The summed E-state index contributed by atoms with van der Waals surface area (Å²) in [7, 11) is 0. The molecule has 0 bridgehead atoms. The number of hydrogen-bond acceptors (Lipinski definition) is 2. The van der Waals surface area contributed by atoms with Crippen LogP contribution in [-0.2, 0) is 6.54 Å². The molecular formula is C13H17F2NO. The number of halogens is 2. The summed E-state index contributed by atoms with van der Waals surface area (Å²) >= 11 is 0. The van der Waals surface area contributed by atoms with Crippen LogP contribution in [0.2, 0.25) is 0 Å². The molecule has 0 unspecified atom stereocenters. The summed E-state index contributed by atoms with van der Waals surface area (Å²) < 4.78 is 28.9. The second kappa shape index (κ2) is 5.00. The fourth-order valence-corrected chi connectivity index (χ4v) is 1.97. The Bertz CT molecular complexity index is 379. The summed E-state index contributed by atoms with van der Waals surface area (Å²) in [6, 6.07) is 4.45. The summed E-state index contributed by atoms with van der Waals surface area (Å²) in [5, 5.41) is 3.40. The fraction of sp³-hybridized carbons (Fsp3) is 0.538. The lowest BCUT2D eigenvalue weighted by atomic mass is 10.1. The smallest absolute Gasteiger partial charge is 0.387 e. The molecule has 1 aliphatic carbocycles. The predicted molar refractivity (Wildman–Crippen MR) is 62.4 cm³/mol. The molecule has 0 saturated heterocycles. The third-order valence-electron chi connectivity index (χ3n) is 2.90. The van der Waals surface area contributed by atoms with Crippen molar-refractivity contribution in [1.29, 1.82) is 0 Å². The zero-order valence-corrected chi connectivity index (χ0v) is 10.1. The van der Waals surface area contributed by atoms with Crippen molar-refractivity contribution in [1.82, 2.24) is 5.32 Å². The quantitative estimate of drug-likeness (QED) is 0.855. The standard InChI is InChI=1S/C13H17F2NO/c1-8-5-10(7-16-11-3-4-11)6-9(2)12(8)17-13(14)15/h5-6,11,13,16H,3-4,7H2,1-2H3. The van der Waals surface area contributed by atoms with Crippen LogP contribution in [0.5, 0.6) is 5.75 Å². The van der Waals surface area contributed by atoms with Gasteiger partial charge in [0.1, 0.15) is 5.75 Å². The molecule has 0 aromatic heterocycles. The van der Waals surface area contributed by atoms with Gasteiger partial charge in [0.15, 0.2) is 0 Å². The maximum absolute atomic E-state index is 12.2. The lowest BCUT2D eigenvalue weighted by Crippen LogP contribution is -2.15. The van der Waals surface area contributed by atoms with E-state index in [1.807, 2.05) is 12.1 Å². The van der Waals surface area contributed by atoms with Crippen LogP contribution in [0.25, 0.3) is 0 Å². The number of benzene rings is 1. The van der Waals surface area contributed by atoms with Gasteiger partial charge in [-0.15, -0.1) is 0 Å². The maximum atomic E-state index is 12.2. The minimum absolute atomic E-state index is 0.301. The molecule has 1 aromatic carbocycles. The average molecular weight is 241 g/mol. The van der Waals surface area contributed by atoms with Gasteiger partial charge in [-0.1, -0.05) is 12.1 Å². The maximum Gasteiger partial charge on any atom is 0.387 e. The van der Waals surface area contributed by atoms with E-state index in [2.05, 4.69) is 10.1 Å². The Kier molecular flexibility index (Phi) is 3.62. The Morgan fingerprint density at radius 1 is 1.29 bits per heavy atom. The van der Waals surface area contributed by atoms with E-state index in [1.165, 1.54) is 12.8 Å². The molecule has 4 heteroatoms. The van der Waals surface area contributed by atoms with Crippen LogP contribution in [-0.4, -0.2) is 12.7 Å². The summed E-state index contributed by atoms with van der Waals surface area (Å²) in [5.74, 6) is 0.301. The van der Waals surface area contributed by atoms with Crippen LogP contribution < -0.4 is 10.1 Å². The molecule has 0 radical (unpaired) electrons. The molecule has 0 amide bonds. The number of ether oxygens (including phenoxy) is 1. The van der Waals surface area contributed by atoms with Crippen LogP contribution in [0.1, 0.15) is 29.5 Å². The van der Waals surface area contributed by atoms with Gasteiger partial charge in [-0.2, -0.15) is 8.78 Å². The van der Waals surface area contributed by atoms with Gasteiger partial charge >= 0.3 is 6.61 Å².